The van der Waals surface area contributed by atoms with Crippen molar-refractivity contribution in [3.63, 3.8) is 0 Å². The number of nitrogens with zero attached hydrogens (tertiary/aromatic N) is 1. The molecule has 0 aliphatic carbocycles. The summed E-state index contributed by atoms with van der Waals surface area (Å²) in [4.78, 5) is 13.9. The minimum absolute atomic E-state index is 0.0193. The Morgan fingerprint density at radius 2 is 2.56 bits per heavy atom. The van der Waals surface area contributed by atoms with E-state index in [0.29, 0.717) is 11.7 Å². The first-order valence-corrected chi connectivity index (χ1v) is 5.78. The number of amides is 1. The van der Waals surface area contributed by atoms with Crippen LogP contribution < -0.4 is 5.32 Å². The van der Waals surface area contributed by atoms with Gasteiger partial charge in [0.25, 0.3) is 5.91 Å². The van der Waals surface area contributed by atoms with Gasteiger partial charge in [0, 0.05) is 13.1 Å². The molecule has 1 N–H and O–H groups in total. The average Bonchev–Trinajstić information content (AvgIpc) is 2.82. The van der Waals surface area contributed by atoms with Crippen LogP contribution in [0.4, 0.5) is 0 Å². The summed E-state index contributed by atoms with van der Waals surface area (Å²) in [7, 11) is 1.95. The summed E-state index contributed by atoms with van der Waals surface area (Å²) in [6.07, 6.45) is 3.82. The molecule has 1 aromatic heterocycles. The van der Waals surface area contributed by atoms with Gasteiger partial charge in [-0.15, -0.1) is 0 Å². The summed E-state index contributed by atoms with van der Waals surface area (Å²) in [5.74, 6) is 1.04. The Hall–Kier alpha value is -1.29. The molecule has 0 aromatic carbocycles. The van der Waals surface area contributed by atoms with Gasteiger partial charge in [0.2, 0.25) is 0 Å². The number of piperidine rings is 1. The minimum atomic E-state index is 0.0193. The van der Waals surface area contributed by atoms with E-state index in [1.165, 1.54) is 6.42 Å². The predicted molar refractivity (Wildman–Crippen MR) is 61.3 cm³/mol. The Labute approximate surface area is 95.6 Å². The molecule has 0 saturated carbocycles. The largest absolute Gasteiger partial charge is 0.459 e. The Balaban J connectivity index is 1.96. The third-order valence-electron chi connectivity index (χ3n) is 3.03. The van der Waals surface area contributed by atoms with Crippen LogP contribution >= 0.6 is 0 Å². The van der Waals surface area contributed by atoms with E-state index in [9.17, 15) is 4.79 Å². The molecule has 0 radical (unpaired) electrons. The molecule has 4 heteroatoms. The van der Waals surface area contributed by atoms with Gasteiger partial charge in [0.1, 0.15) is 0 Å². The van der Waals surface area contributed by atoms with Gasteiger partial charge in [-0.05, 0) is 44.5 Å². The molecule has 1 fully saturated rings. The van der Waals surface area contributed by atoms with Gasteiger partial charge in [0.15, 0.2) is 5.76 Å². The van der Waals surface area contributed by atoms with Crippen molar-refractivity contribution in [3.05, 3.63) is 24.2 Å². The van der Waals surface area contributed by atoms with Crippen molar-refractivity contribution in [3.8, 4) is 0 Å². The summed E-state index contributed by atoms with van der Waals surface area (Å²) >= 11 is 0. The second-order valence-corrected chi connectivity index (χ2v) is 4.29. The zero-order valence-corrected chi connectivity index (χ0v) is 9.61. The molecule has 1 aromatic rings. The highest BCUT2D eigenvalue weighted by molar-refractivity contribution is 5.91. The first kappa shape index (κ1) is 11.2. The molecule has 1 unspecified atom stereocenters. The molecule has 1 amide bonds. The fourth-order valence-electron chi connectivity index (χ4n) is 2.26. The molecule has 1 aliphatic rings. The maximum Gasteiger partial charge on any atom is 0.289 e. The van der Waals surface area contributed by atoms with Crippen LogP contribution in [0.1, 0.15) is 23.4 Å². The lowest BCUT2D eigenvalue weighted by Crippen LogP contribution is -2.42. The van der Waals surface area contributed by atoms with Gasteiger partial charge in [-0.25, -0.2) is 0 Å². The SMILES string of the molecule is CNCC1CCCN(C(=O)c2ccco2)C1. The van der Waals surface area contributed by atoms with E-state index in [0.717, 1.165) is 26.1 Å². The van der Waals surface area contributed by atoms with Crippen LogP contribution in [0.3, 0.4) is 0 Å². The Kier molecular flexibility index (Phi) is 3.62. The van der Waals surface area contributed by atoms with Crippen LogP contribution in [0.25, 0.3) is 0 Å². The maximum absolute atomic E-state index is 12.0. The highest BCUT2D eigenvalue weighted by Gasteiger charge is 2.25. The number of likely N-dealkylation sites (tertiary alicyclic amines) is 1. The Bertz CT molecular complexity index is 333. The van der Waals surface area contributed by atoms with Crippen LogP contribution in [0.5, 0.6) is 0 Å². The van der Waals surface area contributed by atoms with Crippen LogP contribution in [-0.2, 0) is 0 Å². The lowest BCUT2D eigenvalue weighted by molar-refractivity contribution is 0.0642. The van der Waals surface area contributed by atoms with Gasteiger partial charge in [-0.3, -0.25) is 4.79 Å². The van der Waals surface area contributed by atoms with Crippen molar-refractivity contribution in [1.82, 2.24) is 10.2 Å². The van der Waals surface area contributed by atoms with E-state index in [-0.39, 0.29) is 5.91 Å². The Morgan fingerprint density at radius 1 is 1.69 bits per heavy atom. The molecule has 2 rings (SSSR count). The second-order valence-electron chi connectivity index (χ2n) is 4.29. The quantitative estimate of drug-likeness (QED) is 0.839. The van der Waals surface area contributed by atoms with Gasteiger partial charge < -0.3 is 14.6 Å². The van der Waals surface area contributed by atoms with Crippen molar-refractivity contribution >= 4 is 5.91 Å². The van der Waals surface area contributed by atoms with Gasteiger partial charge in [0.05, 0.1) is 6.26 Å². The number of carbonyl (C=O) groups is 1. The number of hydrogen-bond donors (Lipinski definition) is 1. The van der Waals surface area contributed by atoms with Crippen LogP contribution in [0.15, 0.2) is 22.8 Å². The predicted octanol–water partition coefficient (Wildman–Crippen LogP) is 1.35. The molecule has 0 spiro atoms. The number of carbonyl (C=O) groups excluding carboxylic acids is 1. The molecule has 0 bridgehead atoms. The van der Waals surface area contributed by atoms with E-state index in [1.807, 2.05) is 11.9 Å². The zero-order valence-electron chi connectivity index (χ0n) is 9.61. The third kappa shape index (κ3) is 2.44. The standard InChI is InChI=1S/C12H18N2O2/c1-13-8-10-4-2-6-14(9-10)12(15)11-5-3-7-16-11/h3,5,7,10,13H,2,4,6,8-9H2,1H3. The van der Waals surface area contributed by atoms with Crippen LogP contribution in [0.2, 0.25) is 0 Å². The highest BCUT2D eigenvalue weighted by Crippen LogP contribution is 2.18. The molecule has 4 nitrogen and oxygen atoms in total. The van der Waals surface area contributed by atoms with E-state index < -0.39 is 0 Å². The molecule has 88 valence electrons. The third-order valence-corrected chi connectivity index (χ3v) is 3.03. The summed E-state index contributed by atoms with van der Waals surface area (Å²) < 4.78 is 5.14. The molecule has 2 heterocycles. The molecule has 1 aliphatic heterocycles. The topological polar surface area (TPSA) is 45.5 Å². The summed E-state index contributed by atoms with van der Waals surface area (Å²) in [6, 6.07) is 3.48. The van der Waals surface area contributed by atoms with Crippen molar-refractivity contribution in [2.45, 2.75) is 12.8 Å². The smallest absolute Gasteiger partial charge is 0.289 e. The van der Waals surface area contributed by atoms with E-state index in [1.54, 1.807) is 18.4 Å². The monoisotopic (exact) mass is 222 g/mol. The molecular formula is C12H18N2O2. The molecule has 16 heavy (non-hydrogen) atoms. The fraction of sp³-hybridized carbons (Fsp3) is 0.583. The van der Waals surface area contributed by atoms with Crippen LogP contribution in [0, 0.1) is 5.92 Å². The Morgan fingerprint density at radius 3 is 3.25 bits per heavy atom. The van der Waals surface area contributed by atoms with Crippen molar-refractivity contribution < 1.29 is 9.21 Å². The minimum Gasteiger partial charge on any atom is -0.459 e. The van der Waals surface area contributed by atoms with Crippen molar-refractivity contribution in [1.29, 1.82) is 0 Å². The normalized spacial score (nSPS) is 21.1. The highest BCUT2D eigenvalue weighted by atomic mass is 16.3. The van der Waals surface area contributed by atoms with E-state index in [4.69, 9.17) is 4.42 Å². The second kappa shape index (κ2) is 5.16. The lowest BCUT2D eigenvalue weighted by atomic mass is 9.98. The lowest BCUT2D eigenvalue weighted by Gasteiger charge is -2.32. The van der Waals surface area contributed by atoms with Crippen LogP contribution in [-0.4, -0.2) is 37.5 Å². The first-order chi connectivity index (χ1) is 7.81. The zero-order chi connectivity index (χ0) is 11.4. The number of furan rings is 1. The summed E-state index contributed by atoms with van der Waals surface area (Å²) in [6.45, 7) is 2.65. The van der Waals surface area contributed by atoms with Gasteiger partial charge >= 0.3 is 0 Å². The number of rotatable bonds is 3. The molecular weight excluding hydrogens is 204 g/mol. The summed E-state index contributed by atoms with van der Waals surface area (Å²) in [5.41, 5.74) is 0. The van der Waals surface area contributed by atoms with Gasteiger partial charge in [-0.2, -0.15) is 0 Å². The van der Waals surface area contributed by atoms with E-state index in [2.05, 4.69) is 5.32 Å². The van der Waals surface area contributed by atoms with E-state index >= 15 is 0 Å². The average molecular weight is 222 g/mol. The van der Waals surface area contributed by atoms with Crippen molar-refractivity contribution in [2.24, 2.45) is 5.92 Å². The van der Waals surface area contributed by atoms with Gasteiger partial charge in [-0.1, -0.05) is 0 Å². The molecule has 1 saturated heterocycles. The summed E-state index contributed by atoms with van der Waals surface area (Å²) in [5, 5.41) is 3.17. The number of hydrogen-bond acceptors (Lipinski definition) is 3. The number of nitrogens with one attached hydrogen (secondary N) is 1. The fourth-order valence-corrected chi connectivity index (χ4v) is 2.26. The maximum atomic E-state index is 12.0. The van der Waals surface area contributed by atoms with Crippen molar-refractivity contribution in [2.75, 3.05) is 26.7 Å². The first-order valence-electron chi connectivity index (χ1n) is 5.78. The molecule has 1 atom stereocenters.